The Bertz CT molecular complexity index is 591. The van der Waals surface area contributed by atoms with Gasteiger partial charge < -0.3 is 5.32 Å². The van der Waals surface area contributed by atoms with E-state index in [-0.39, 0.29) is 6.54 Å². The second kappa shape index (κ2) is 6.13. The lowest BCUT2D eigenvalue weighted by Gasteiger charge is -2.08. The van der Waals surface area contributed by atoms with Crippen molar-refractivity contribution in [3.05, 3.63) is 52.9 Å². The van der Waals surface area contributed by atoms with E-state index >= 15 is 0 Å². The molecule has 5 heteroatoms. The molecule has 20 heavy (non-hydrogen) atoms. The van der Waals surface area contributed by atoms with Gasteiger partial charge in [-0.05, 0) is 24.1 Å². The molecule has 2 aromatic rings. The van der Waals surface area contributed by atoms with Crippen LogP contribution < -0.4 is 5.32 Å². The van der Waals surface area contributed by atoms with Crippen LogP contribution >= 0.6 is 0 Å². The molecule has 0 saturated carbocycles. The minimum atomic E-state index is -0.424. The van der Waals surface area contributed by atoms with Crippen LogP contribution in [0.5, 0.6) is 0 Å². The molecule has 0 aliphatic carbocycles. The molecular weight excluding hydrogens is 260 g/mol. The first-order chi connectivity index (χ1) is 9.47. The van der Waals surface area contributed by atoms with Crippen molar-refractivity contribution in [1.29, 1.82) is 0 Å². The van der Waals surface area contributed by atoms with Gasteiger partial charge in [-0.3, -0.25) is 4.68 Å². The van der Waals surface area contributed by atoms with E-state index in [2.05, 4.69) is 24.3 Å². The van der Waals surface area contributed by atoms with E-state index in [4.69, 9.17) is 0 Å². The maximum absolute atomic E-state index is 13.5. The summed E-state index contributed by atoms with van der Waals surface area (Å²) in [5, 5.41) is 7.54. The number of hydrogen-bond acceptors (Lipinski definition) is 2. The molecule has 0 fully saturated rings. The molecule has 0 saturated heterocycles. The van der Waals surface area contributed by atoms with E-state index in [1.54, 1.807) is 4.68 Å². The third kappa shape index (κ3) is 3.42. The Morgan fingerprint density at radius 2 is 1.90 bits per heavy atom. The summed E-state index contributed by atoms with van der Waals surface area (Å²) in [5.41, 5.74) is 2.44. The largest absolute Gasteiger partial charge is 0.308 e. The van der Waals surface area contributed by atoms with Gasteiger partial charge in [-0.25, -0.2) is 8.78 Å². The smallest absolute Gasteiger partial charge is 0.127 e. The molecule has 0 amide bonds. The topological polar surface area (TPSA) is 29.9 Å². The fourth-order valence-corrected chi connectivity index (χ4v) is 2.19. The first-order valence-corrected chi connectivity index (χ1v) is 6.64. The van der Waals surface area contributed by atoms with Gasteiger partial charge in [-0.15, -0.1) is 0 Å². The summed E-state index contributed by atoms with van der Waals surface area (Å²) in [6.07, 6.45) is 1.95. The molecule has 0 bridgehead atoms. The Kier molecular flexibility index (Phi) is 4.49. The predicted octanol–water partition coefficient (Wildman–Crippen LogP) is 3.11. The SMILES string of the molecule is CC(C)c1nn(C)cc1CNCc1cc(F)ccc1F. The Balaban J connectivity index is 2.01. The van der Waals surface area contributed by atoms with Crippen molar-refractivity contribution in [2.45, 2.75) is 32.9 Å². The predicted molar refractivity (Wildman–Crippen MR) is 74.2 cm³/mol. The van der Waals surface area contributed by atoms with Crippen molar-refractivity contribution in [1.82, 2.24) is 15.1 Å². The quantitative estimate of drug-likeness (QED) is 0.911. The zero-order valence-electron chi connectivity index (χ0n) is 12.0. The summed E-state index contributed by atoms with van der Waals surface area (Å²) >= 11 is 0. The summed E-state index contributed by atoms with van der Waals surface area (Å²) in [5.74, 6) is -0.486. The molecule has 0 unspecified atom stereocenters. The highest BCUT2D eigenvalue weighted by Gasteiger charge is 2.11. The molecule has 108 valence electrons. The minimum absolute atomic E-state index is 0.288. The van der Waals surface area contributed by atoms with Gasteiger partial charge in [0.05, 0.1) is 5.69 Å². The average molecular weight is 279 g/mol. The molecule has 1 N–H and O–H groups in total. The Morgan fingerprint density at radius 3 is 2.60 bits per heavy atom. The zero-order chi connectivity index (χ0) is 14.7. The Labute approximate surface area is 117 Å². The summed E-state index contributed by atoms with van der Waals surface area (Å²) in [4.78, 5) is 0. The van der Waals surface area contributed by atoms with Gasteiger partial charge in [0.25, 0.3) is 0 Å². The molecule has 1 aromatic carbocycles. The first kappa shape index (κ1) is 14.7. The van der Waals surface area contributed by atoms with Gasteiger partial charge in [-0.1, -0.05) is 13.8 Å². The Morgan fingerprint density at radius 1 is 1.20 bits per heavy atom. The van der Waals surface area contributed by atoms with E-state index in [1.807, 2.05) is 13.2 Å². The second-order valence-corrected chi connectivity index (χ2v) is 5.21. The fraction of sp³-hybridized carbons (Fsp3) is 0.400. The first-order valence-electron chi connectivity index (χ1n) is 6.64. The average Bonchev–Trinajstić information content (AvgIpc) is 2.75. The lowest BCUT2D eigenvalue weighted by atomic mass is 10.1. The lowest BCUT2D eigenvalue weighted by Crippen LogP contribution is -2.15. The van der Waals surface area contributed by atoms with Crippen LogP contribution in [0, 0.1) is 11.6 Å². The number of rotatable bonds is 5. The van der Waals surface area contributed by atoms with Crippen molar-refractivity contribution in [3.8, 4) is 0 Å². The van der Waals surface area contributed by atoms with Gasteiger partial charge in [0.2, 0.25) is 0 Å². The zero-order valence-corrected chi connectivity index (χ0v) is 12.0. The van der Waals surface area contributed by atoms with Crippen molar-refractivity contribution >= 4 is 0 Å². The van der Waals surface area contributed by atoms with E-state index in [0.29, 0.717) is 18.0 Å². The highest BCUT2D eigenvalue weighted by molar-refractivity contribution is 5.21. The van der Waals surface area contributed by atoms with Crippen LogP contribution in [0.1, 0.15) is 36.6 Å². The number of aromatic nitrogens is 2. The lowest BCUT2D eigenvalue weighted by molar-refractivity contribution is 0.568. The second-order valence-electron chi connectivity index (χ2n) is 5.21. The molecule has 3 nitrogen and oxygen atoms in total. The summed E-state index contributed by atoms with van der Waals surface area (Å²) < 4.78 is 28.3. The van der Waals surface area contributed by atoms with Gasteiger partial charge in [0, 0.05) is 37.5 Å². The van der Waals surface area contributed by atoms with Gasteiger partial charge in [0.1, 0.15) is 11.6 Å². The van der Waals surface area contributed by atoms with Gasteiger partial charge >= 0.3 is 0 Å². The highest BCUT2D eigenvalue weighted by Crippen LogP contribution is 2.17. The number of aryl methyl sites for hydroxylation is 1. The van der Waals surface area contributed by atoms with Crippen molar-refractivity contribution in [2.75, 3.05) is 0 Å². The van der Waals surface area contributed by atoms with Crippen LogP contribution in [0.15, 0.2) is 24.4 Å². The highest BCUT2D eigenvalue weighted by atomic mass is 19.1. The molecule has 0 atom stereocenters. The number of nitrogens with zero attached hydrogens (tertiary/aromatic N) is 2. The maximum atomic E-state index is 13.5. The summed E-state index contributed by atoms with van der Waals surface area (Å²) in [6, 6.07) is 3.49. The van der Waals surface area contributed by atoms with Crippen molar-refractivity contribution in [3.63, 3.8) is 0 Å². The number of nitrogens with one attached hydrogen (secondary N) is 1. The van der Waals surface area contributed by atoms with Crippen LogP contribution in [-0.4, -0.2) is 9.78 Å². The Hall–Kier alpha value is -1.75. The van der Waals surface area contributed by atoms with Crippen LogP contribution in [0.2, 0.25) is 0 Å². The maximum Gasteiger partial charge on any atom is 0.127 e. The number of benzene rings is 1. The normalized spacial score (nSPS) is 11.3. The van der Waals surface area contributed by atoms with E-state index in [9.17, 15) is 8.78 Å². The molecule has 0 spiro atoms. The standard InChI is InChI=1S/C15H19F2N3/c1-10(2)15-12(9-20(3)19-15)8-18-7-11-6-13(16)4-5-14(11)17/h4-6,9-10,18H,7-8H2,1-3H3. The number of halogens is 2. The minimum Gasteiger partial charge on any atom is -0.308 e. The van der Waals surface area contributed by atoms with Gasteiger partial charge in [0.15, 0.2) is 0 Å². The van der Waals surface area contributed by atoms with E-state index in [1.165, 1.54) is 6.07 Å². The fourth-order valence-electron chi connectivity index (χ4n) is 2.19. The summed E-state index contributed by atoms with van der Waals surface area (Å²) in [6.45, 7) is 5.03. The third-order valence-electron chi connectivity index (χ3n) is 3.12. The van der Waals surface area contributed by atoms with Crippen molar-refractivity contribution in [2.24, 2.45) is 7.05 Å². The molecular formula is C15H19F2N3. The molecule has 0 aliphatic heterocycles. The van der Waals surface area contributed by atoms with Crippen LogP contribution in [0.25, 0.3) is 0 Å². The molecule has 0 aliphatic rings. The molecule has 1 heterocycles. The third-order valence-corrected chi connectivity index (χ3v) is 3.12. The van der Waals surface area contributed by atoms with Crippen LogP contribution in [0.3, 0.4) is 0 Å². The van der Waals surface area contributed by atoms with Crippen LogP contribution in [0.4, 0.5) is 8.78 Å². The van der Waals surface area contributed by atoms with E-state index in [0.717, 1.165) is 23.4 Å². The molecule has 0 radical (unpaired) electrons. The van der Waals surface area contributed by atoms with Crippen LogP contribution in [-0.2, 0) is 20.1 Å². The molecule has 1 aromatic heterocycles. The monoisotopic (exact) mass is 279 g/mol. The van der Waals surface area contributed by atoms with E-state index < -0.39 is 11.6 Å². The number of hydrogen-bond donors (Lipinski definition) is 1. The van der Waals surface area contributed by atoms with Crippen molar-refractivity contribution < 1.29 is 8.78 Å². The van der Waals surface area contributed by atoms with Gasteiger partial charge in [-0.2, -0.15) is 5.10 Å². The summed E-state index contributed by atoms with van der Waals surface area (Å²) in [7, 11) is 1.88. The molecule has 2 rings (SSSR count).